The van der Waals surface area contributed by atoms with Crippen LogP contribution in [0.2, 0.25) is 0 Å². The van der Waals surface area contributed by atoms with Crippen molar-refractivity contribution in [3.05, 3.63) is 57.8 Å². The summed E-state index contributed by atoms with van der Waals surface area (Å²) in [6.07, 6.45) is 3.56. The number of hydrogen-bond donors (Lipinski definition) is 1. The molecule has 0 radical (unpaired) electrons. The first kappa shape index (κ1) is 14.3. The van der Waals surface area contributed by atoms with E-state index in [0.29, 0.717) is 5.92 Å². The van der Waals surface area contributed by atoms with Gasteiger partial charge in [-0.3, -0.25) is 0 Å². The number of benzene rings is 1. The van der Waals surface area contributed by atoms with Crippen molar-refractivity contribution in [3.8, 4) is 0 Å². The van der Waals surface area contributed by atoms with Crippen molar-refractivity contribution in [2.75, 3.05) is 13.6 Å². The molecule has 0 spiro atoms. The summed E-state index contributed by atoms with van der Waals surface area (Å²) in [5.74, 6) is 0.610. The van der Waals surface area contributed by atoms with Gasteiger partial charge in [0.25, 0.3) is 0 Å². The van der Waals surface area contributed by atoms with Gasteiger partial charge in [-0.1, -0.05) is 37.3 Å². The molecule has 102 valence electrons. The van der Waals surface area contributed by atoms with Gasteiger partial charge in [0.2, 0.25) is 0 Å². The molecule has 0 fully saturated rings. The van der Waals surface area contributed by atoms with Gasteiger partial charge < -0.3 is 5.32 Å². The second-order valence-corrected chi connectivity index (χ2v) is 6.18. The minimum Gasteiger partial charge on any atom is -0.319 e. The van der Waals surface area contributed by atoms with Crippen LogP contribution in [0, 0.1) is 0 Å². The fraction of sp³-hybridized carbons (Fsp3) is 0.412. The van der Waals surface area contributed by atoms with E-state index < -0.39 is 0 Å². The van der Waals surface area contributed by atoms with E-state index in [-0.39, 0.29) is 0 Å². The Labute approximate surface area is 120 Å². The van der Waals surface area contributed by atoms with Gasteiger partial charge in [-0.25, -0.2) is 0 Å². The van der Waals surface area contributed by atoms with Crippen molar-refractivity contribution in [1.82, 2.24) is 5.32 Å². The minimum atomic E-state index is 0.610. The predicted octanol–water partition coefficient (Wildman–Crippen LogP) is 4.25. The van der Waals surface area contributed by atoms with Crippen LogP contribution in [0.5, 0.6) is 0 Å². The van der Waals surface area contributed by atoms with Gasteiger partial charge in [-0.15, -0.1) is 11.3 Å². The van der Waals surface area contributed by atoms with Gasteiger partial charge in [0.15, 0.2) is 0 Å². The first-order chi connectivity index (χ1) is 9.33. The summed E-state index contributed by atoms with van der Waals surface area (Å²) in [7, 11) is 2.04. The Bertz CT molecular complexity index is 475. The number of nitrogens with one attached hydrogen (secondary N) is 1. The molecule has 2 heteroatoms. The van der Waals surface area contributed by atoms with Crippen LogP contribution in [0.15, 0.2) is 42.5 Å². The number of likely N-dealkylation sites (N-methyl/N-ethyl adjacent to an activating group) is 1. The van der Waals surface area contributed by atoms with Crippen LogP contribution in [0.3, 0.4) is 0 Å². The SMILES string of the molecule is CCc1ccc(CCC(CNC)c2ccccc2)s1. The molecule has 1 heterocycles. The molecule has 0 bridgehead atoms. The van der Waals surface area contributed by atoms with E-state index in [1.165, 1.54) is 28.2 Å². The molecule has 1 unspecified atom stereocenters. The summed E-state index contributed by atoms with van der Waals surface area (Å²) in [5.41, 5.74) is 1.45. The maximum absolute atomic E-state index is 3.32. The molecule has 0 saturated heterocycles. The molecule has 1 nitrogen and oxygen atoms in total. The zero-order valence-electron chi connectivity index (χ0n) is 11.9. The predicted molar refractivity (Wildman–Crippen MR) is 85.1 cm³/mol. The summed E-state index contributed by atoms with van der Waals surface area (Å²) in [5, 5.41) is 3.32. The second-order valence-electron chi connectivity index (χ2n) is 4.93. The molecule has 0 aliphatic heterocycles. The van der Waals surface area contributed by atoms with Gasteiger partial charge in [0, 0.05) is 16.3 Å². The minimum absolute atomic E-state index is 0.610. The van der Waals surface area contributed by atoms with Crippen LogP contribution in [-0.2, 0) is 12.8 Å². The summed E-state index contributed by atoms with van der Waals surface area (Å²) in [4.78, 5) is 3.02. The lowest BCUT2D eigenvalue weighted by atomic mass is 9.94. The molecule has 0 saturated carbocycles. The molecule has 1 aromatic carbocycles. The number of aryl methyl sites for hydroxylation is 2. The van der Waals surface area contributed by atoms with Gasteiger partial charge >= 0.3 is 0 Å². The van der Waals surface area contributed by atoms with E-state index in [1.54, 1.807) is 0 Å². The Morgan fingerprint density at radius 3 is 2.42 bits per heavy atom. The maximum Gasteiger partial charge on any atom is 0.00484 e. The standard InChI is InChI=1S/C17H23NS/c1-3-16-11-12-17(19-16)10-9-15(13-18-2)14-7-5-4-6-8-14/h4-8,11-12,15,18H,3,9-10,13H2,1-2H3. The Morgan fingerprint density at radius 1 is 1.05 bits per heavy atom. The third-order valence-corrected chi connectivity index (χ3v) is 4.82. The van der Waals surface area contributed by atoms with Crippen LogP contribution in [0.25, 0.3) is 0 Å². The van der Waals surface area contributed by atoms with Gasteiger partial charge in [0.05, 0.1) is 0 Å². The third kappa shape index (κ3) is 4.19. The first-order valence-electron chi connectivity index (χ1n) is 7.10. The van der Waals surface area contributed by atoms with Gasteiger partial charge in [-0.2, -0.15) is 0 Å². The highest BCUT2D eigenvalue weighted by Gasteiger charge is 2.11. The Kier molecular flexibility index (Phi) is 5.62. The highest BCUT2D eigenvalue weighted by Crippen LogP contribution is 2.24. The van der Waals surface area contributed by atoms with Crippen molar-refractivity contribution in [2.24, 2.45) is 0 Å². The van der Waals surface area contributed by atoms with Crippen molar-refractivity contribution in [3.63, 3.8) is 0 Å². The van der Waals surface area contributed by atoms with Crippen molar-refractivity contribution in [1.29, 1.82) is 0 Å². The molecule has 0 aliphatic carbocycles. The quantitative estimate of drug-likeness (QED) is 0.795. The highest BCUT2D eigenvalue weighted by atomic mass is 32.1. The zero-order valence-corrected chi connectivity index (χ0v) is 12.7. The molecule has 19 heavy (non-hydrogen) atoms. The fourth-order valence-corrected chi connectivity index (χ4v) is 3.39. The molecular weight excluding hydrogens is 250 g/mol. The van der Waals surface area contributed by atoms with Crippen LogP contribution in [-0.4, -0.2) is 13.6 Å². The molecule has 0 amide bonds. The summed E-state index contributed by atoms with van der Waals surface area (Å²) < 4.78 is 0. The summed E-state index contributed by atoms with van der Waals surface area (Å²) >= 11 is 1.97. The van der Waals surface area contributed by atoms with Crippen molar-refractivity contribution < 1.29 is 0 Å². The Balaban J connectivity index is 1.97. The fourth-order valence-electron chi connectivity index (χ4n) is 2.42. The smallest absolute Gasteiger partial charge is 0.00484 e. The van der Waals surface area contributed by atoms with Crippen LogP contribution >= 0.6 is 11.3 Å². The van der Waals surface area contributed by atoms with Crippen LogP contribution in [0.1, 0.15) is 34.6 Å². The average Bonchev–Trinajstić information content (AvgIpc) is 2.92. The number of thiophene rings is 1. The summed E-state index contributed by atoms with van der Waals surface area (Å²) in [6, 6.07) is 15.4. The normalized spacial score (nSPS) is 12.5. The first-order valence-corrected chi connectivity index (χ1v) is 7.92. The molecule has 1 atom stereocenters. The number of hydrogen-bond acceptors (Lipinski definition) is 2. The largest absolute Gasteiger partial charge is 0.319 e. The van der Waals surface area contributed by atoms with Gasteiger partial charge in [0.1, 0.15) is 0 Å². The molecular formula is C17H23NS. The van der Waals surface area contributed by atoms with E-state index in [9.17, 15) is 0 Å². The lowest BCUT2D eigenvalue weighted by molar-refractivity contribution is 0.586. The molecule has 1 aromatic heterocycles. The monoisotopic (exact) mass is 273 g/mol. The van der Waals surface area contributed by atoms with Crippen LogP contribution in [0.4, 0.5) is 0 Å². The lowest BCUT2D eigenvalue weighted by Crippen LogP contribution is -2.17. The molecule has 0 aliphatic rings. The van der Waals surface area contributed by atoms with Gasteiger partial charge in [-0.05, 0) is 49.9 Å². The molecule has 2 aromatic rings. The zero-order chi connectivity index (χ0) is 13.5. The average molecular weight is 273 g/mol. The molecule has 2 rings (SSSR count). The van der Waals surface area contributed by atoms with E-state index in [0.717, 1.165) is 13.0 Å². The van der Waals surface area contributed by atoms with Crippen molar-refractivity contribution in [2.45, 2.75) is 32.1 Å². The van der Waals surface area contributed by atoms with E-state index in [4.69, 9.17) is 0 Å². The second kappa shape index (κ2) is 7.46. The third-order valence-electron chi connectivity index (χ3n) is 3.53. The van der Waals surface area contributed by atoms with E-state index in [2.05, 4.69) is 54.7 Å². The topological polar surface area (TPSA) is 12.0 Å². The summed E-state index contributed by atoms with van der Waals surface area (Å²) in [6.45, 7) is 3.28. The maximum atomic E-state index is 3.32. The van der Waals surface area contributed by atoms with E-state index in [1.807, 2.05) is 18.4 Å². The Morgan fingerprint density at radius 2 is 1.79 bits per heavy atom. The molecule has 1 N–H and O–H groups in total. The Hall–Kier alpha value is -1.12. The highest BCUT2D eigenvalue weighted by molar-refractivity contribution is 7.11. The lowest BCUT2D eigenvalue weighted by Gasteiger charge is -2.16. The number of rotatable bonds is 7. The van der Waals surface area contributed by atoms with Crippen molar-refractivity contribution >= 4 is 11.3 Å². The van der Waals surface area contributed by atoms with E-state index >= 15 is 0 Å². The van der Waals surface area contributed by atoms with Crippen LogP contribution < -0.4 is 5.32 Å².